The zero-order chi connectivity index (χ0) is 14.8. The van der Waals surface area contributed by atoms with Crippen LogP contribution in [0, 0.1) is 12.7 Å². The van der Waals surface area contributed by atoms with Gasteiger partial charge in [0.05, 0.1) is 10.6 Å². The normalized spacial score (nSPS) is 11.3. The Morgan fingerprint density at radius 2 is 1.85 bits per heavy atom. The first kappa shape index (κ1) is 14.5. The second kappa shape index (κ2) is 5.63. The summed E-state index contributed by atoms with van der Waals surface area (Å²) in [6, 6.07) is 11.2. The van der Waals surface area contributed by atoms with Gasteiger partial charge in [0.15, 0.2) is 9.84 Å². The highest BCUT2D eigenvalue weighted by Crippen LogP contribution is 2.22. The molecule has 0 radical (unpaired) electrons. The van der Waals surface area contributed by atoms with Crippen LogP contribution >= 0.6 is 0 Å². The largest absolute Gasteiger partial charge is 0.380 e. The lowest BCUT2D eigenvalue weighted by Crippen LogP contribution is -2.07. The molecule has 2 rings (SSSR count). The number of anilines is 1. The van der Waals surface area contributed by atoms with Gasteiger partial charge in [-0.25, -0.2) is 12.8 Å². The maximum Gasteiger partial charge on any atom is 0.177 e. The predicted molar refractivity (Wildman–Crippen MR) is 78.0 cm³/mol. The van der Waals surface area contributed by atoms with Crippen molar-refractivity contribution >= 4 is 15.5 Å². The van der Waals surface area contributed by atoms with Crippen LogP contribution < -0.4 is 5.32 Å². The number of hydrogen-bond donors (Lipinski definition) is 1. The second-order valence-electron chi connectivity index (χ2n) is 4.69. The zero-order valence-electron chi connectivity index (χ0n) is 11.4. The van der Waals surface area contributed by atoms with Crippen molar-refractivity contribution < 1.29 is 12.8 Å². The van der Waals surface area contributed by atoms with Gasteiger partial charge in [0.2, 0.25) is 0 Å². The van der Waals surface area contributed by atoms with Crippen molar-refractivity contribution in [3.63, 3.8) is 0 Å². The molecular formula is C15H16FNO2S. The summed E-state index contributed by atoms with van der Waals surface area (Å²) >= 11 is 0. The average Bonchev–Trinajstić information content (AvgIpc) is 2.39. The number of para-hydroxylation sites is 1. The number of benzene rings is 2. The fourth-order valence-corrected chi connectivity index (χ4v) is 2.82. The monoisotopic (exact) mass is 293 g/mol. The first-order valence-corrected chi connectivity index (χ1v) is 8.05. The maximum atomic E-state index is 13.2. The molecule has 20 heavy (non-hydrogen) atoms. The van der Waals surface area contributed by atoms with Gasteiger partial charge in [-0.1, -0.05) is 18.2 Å². The highest BCUT2D eigenvalue weighted by atomic mass is 32.2. The highest BCUT2D eigenvalue weighted by Gasteiger charge is 2.12. The molecule has 0 unspecified atom stereocenters. The Labute approximate surface area is 118 Å². The molecule has 2 aromatic rings. The summed E-state index contributed by atoms with van der Waals surface area (Å²) in [6.07, 6.45) is 1.17. The van der Waals surface area contributed by atoms with E-state index in [9.17, 15) is 12.8 Å². The van der Waals surface area contributed by atoms with Crippen LogP contribution in [0.5, 0.6) is 0 Å². The van der Waals surface area contributed by atoms with Gasteiger partial charge in [0, 0.05) is 12.8 Å². The minimum Gasteiger partial charge on any atom is -0.380 e. The second-order valence-corrected chi connectivity index (χ2v) is 6.68. The smallest absolute Gasteiger partial charge is 0.177 e. The highest BCUT2D eigenvalue weighted by molar-refractivity contribution is 7.90. The summed E-state index contributed by atoms with van der Waals surface area (Å²) in [6.45, 7) is 2.26. The summed E-state index contributed by atoms with van der Waals surface area (Å²) in [7, 11) is -3.29. The molecule has 0 saturated carbocycles. The van der Waals surface area contributed by atoms with Crippen molar-refractivity contribution in [3.05, 3.63) is 59.4 Å². The van der Waals surface area contributed by atoms with Crippen LogP contribution in [-0.2, 0) is 16.4 Å². The molecule has 0 aliphatic rings. The van der Waals surface area contributed by atoms with Crippen LogP contribution in [0.1, 0.15) is 11.1 Å². The third kappa shape index (κ3) is 3.36. The van der Waals surface area contributed by atoms with Crippen molar-refractivity contribution in [2.45, 2.75) is 18.4 Å². The molecule has 0 bridgehead atoms. The van der Waals surface area contributed by atoms with Crippen LogP contribution in [0.2, 0.25) is 0 Å². The van der Waals surface area contributed by atoms with Gasteiger partial charge in [0.25, 0.3) is 0 Å². The fourth-order valence-electron chi connectivity index (χ4n) is 1.96. The van der Waals surface area contributed by atoms with Gasteiger partial charge >= 0.3 is 0 Å². The minimum absolute atomic E-state index is 0.244. The summed E-state index contributed by atoms with van der Waals surface area (Å²) in [5.41, 5.74) is 2.28. The van der Waals surface area contributed by atoms with E-state index in [0.717, 1.165) is 11.1 Å². The van der Waals surface area contributed by atoms with E-state index in [1.165, 1.54) is 18.4 Å². The van der Waals surface area contributed by atoms with E-state index in [-0.39, 0.29) is 10.7 Å². The summed E-state index contributed by atoms with van der Waals surface area (Å²) in [4.78, 5) is 0.244. The lowest BCUT2D eigenvalue weighted by atomic mass is 10.1. The van der Waals surface area contributed by atoms with Gasteiger partial charge in [-0.05, 0) is 42.3 Å². The Morgan fingerprint density at radius 1 is 1.15 bits per heavy atom. The number of rotatable bonds is 4. The molecular weight excluding hydrogens is 277 g/mol. The Balaban J connectivity index is 2.26. The van der Waals surface area contributed by atoms with E-state index in [2.05, 4.69) is 5.32 Å². The lowest BCUT2D eigenvalue weighted by molar-refractivity contribution is 0.602. The molecule has 0 amide bonds. The number of sulfone groups is 1. The molecule has 0 saturated heterocycles. The Hall–Kier alpha value is -1.88. The third-order valence-electron chi connectivity index (χ3n) is 3.07. The Kier molecular flexibility index (Phi) is 4.09. The van der Waals surface area contributed by atoms with E-state index >= 15 is 0 Å². The molecule has 106 valence electrons. The van der Waals surface area contributed by atoms with E-state index in [4.69, 9.17) is 0 Å². The van der Waals surface area contributed by atoms with Crippen LogP contribution in [0.3, 0.4) is 0 Å². The molecule has 5 heteroatoms. The molecule has 2 aromatic carbocycles. The standard InChI is InChI=1S/C15H16FNO2S/c1-11-7-8-13(16)9-12(11)10-17-14-5-3-4-6-15(14)20(2,18)19/h3-9,17H,10H2,1-2H3. The van der Waals surface area contributed by atoms with Crippen LogP contribution in [0.25, 0.3) is 0 Å². The van der Waals surface area contributed by atoms with Gasteiger partial charge in [-0.15, -0.1) is 0 Å². The van der Waals surface area contributed by atoms with Crippen molar-refractivity contribution in [1.29, 1.82) is 0 Å². The molecule has 0 aromatic heterocycles. The van der Waals surface area contributed by atoms with Crippen LogP contribution in [0.4, 0.5) is 10.1 Å². The van der Waals surface area contributed by atoms with Gasteiger partial charge in [-0.3, -0.25) is 0 Å². The van der Waals surface area contributed by atoms with Crippen molar-refractivity contribution in [2.75, 3.05) is 11.6 Å². The minimum atomic E-state index is -3.29. The molecule has 1 N–H and O–H groups in total. The van der Waals surface area contributed by atoms with Crippen molar-refractivity contribution in [3.8, 4) is 0 Å². The number of halogens is 1. The number of nitrogens with one attached hydrogen (secondary N) is 1. The molecule has 0 spiro atoms. The summed E-state index contributed by atoms with van der Waals surface area (Å²) in [5.74, 6) is -0.302. The van der Waals surface area contributed by atoms with Crippen molar-refractivity contribution in [2.24, 2.45) is 0 Å². The SMILES string of the molecule is Cc1ccc(F)cc1CNc1ccccc1S(C)(=O)=O. The average molecular weight is 293 g/mol. The molecule has 0 heterocycles. The fraction of sp³-hybridized carbons (Fsp3) is 0.200. The molecule has 0 aliphatic carbocycles. The first-order chi connectivity index (χ1) is 9.38. The van der Waals surface area contributed by atoms with E-state index in [1.54, 1.807) is 30.3 Å². The van der Waals surface area contributed by atoms with Gasteiger partial charge < -0.3 is 5.32 Å². The first-order valence-electron chi connectivity index (χ1n) is 6.16. The topological polar surface area (TPSA) is 46.2 Å². The quantitative estimate of drug-likeness (QED) is 0.942. The summed E-state index contributed by atoms with van der Waals surface area (Å²) < 4.78 is 36.6. The van der Waals surface area contributed by atoms with Gasteiger partial charge in [0.1, 0.15) is 5.82 Å². The molecule has 3 nitrogen and oxygen atoms in total. The van der Waals surface area contributed by atoms with Crippen LogP contribution in [0.15, 0.2) is 47.4 Å². The predicted octanol–water partition coefficient (Wildman–Crippen LogP) is 3.15. The van der Waals surface area contributed by atoms with Crippen LogP contribution in [-0.4, -0.2) is 14.7 Å². The Bertz CT molecular complexity index is 726. The molecule has 0 fully saturated rings. The number of aryl methyl sites for hydroxylation is 1. The van der Waals surface area contributed by atoms with Gasteiger partial charge in [-0.2, -0.15) is 0 Å². The van der Waals surface area contributed by atoms with E-state index in [0.29, 0.717) is 12.2 Å². The molecule has 0 atom stereocenters. The van der Waals surface area contributed by atoms with Crippen molar-refractivity contribution in [1.82, 2.24) is 0 Å². The lowest BCUT2D eigenvalue weighted by Gasteiger charge is -2.12. The number of hydrogen-bond acceptors (Lipinski definition) is 3. The Morgan fingerprint density at radius 3 is 2.55 bits per heavy atom. The maximum absolute atomic E-state index is 13.2. The van der Waals surface area contributed by atoms with E-state index < -0.39 is 9.84 Å². The zero-order valence-corrected chi connectivity index (χ0v) is 12.2. The summed E-state index contributed by atoms with van der Waals surface area (Å²) in [5, 5.41) is 3.06. The molecule has 0 aliphatic heterocycles. The van der Waals surface area contributed by atoms with E-state index in [1.807, 2.05) is 6.92 Å². The third-order valence-corrected chi connectivity index (χ3v) is 4.22.